The van der Waals surface area contributed by atoms with Gasteiger partial charge >= 0.3 is 0 Å². The van der Waals surface area contributed by atoms with Crippen molar-refractivity contribution in [1.29, 1.82) is 0 Å². The molecular formula is C15H22N2O. The summed E-state index contributed by atoms with van der Waals surface area (Å²) in [5, 5.41) is 3.54. The molecule has 0 aliphatic carbocycles. The van der Waals surface area contributed by atoms with Gasteiger partial charge in [-0.05, 0) is 37.6 Å². The lowest BCUT2D eigenvalue weighted by Gasteiger charge is -2.38. The number of rotatable bonds is 2. The molecule has 1 aromatic rings. The molecule has 0 radical (unpaired) electrons. The first-order valence-electron chi connectivity index (χ1n) is 7.00. The molecule has 0 saturated carbocycles. The third kappa shape index (κ3) is 2.13. The van der Waals surface area contributed by atoms with Crippen molar-refractivity contribution in [3.63, 3.8) is 0 Å². The molecule has 0 spiro atoms. The van der Waals surface area contributed by atoms with Crippen molar-refractivity contribution in [2.24, 2.45) is 0 Å². The highest BCUT2D eigenvalue weighted by Crippen LogP contribution is 2.35. The standard InChI is InChI=1S/C15H22N2O/c1-18-14-7-5-6-12-10-16-11-13(15(12)14)17-8-3-2-4-9-17/h5-7,13,16H,2-4,8-11H2,1H3/t13-/m0/s1. The van der Waals surface area contributed by atoms with Crippen molar-refractivity contribution >= 4 is 0 Å². The average Bonchev–Trinajstić information content (AvgIpc) is 2.47. The number of methoxy groups -OCH3 is 1. The predicted octanol–water partition coefficient (Wildman–Crippen LogP) is 2.33. The SMILES string of the molecule is COc1cccc2c1[C@@H](N1CCCCC1)CNC2. The van der Waals surface area contributed by atoms with Crippen LogP contribution in [0.4, 0.5) is 0 Å². The van der Waals surface area contributed by atoms with Gasteiger partial charge in [0.05, 0.1) is 13.2 Å². The third-order valence-electron chi connectivity index (χ3n) is 4.19. The van der Waals surface area contributed by atoms with Crippen molar-refractivity contribution in [3.8, 4) is 5.75 Å². The van der Waals surface area contributed by atoms with Gasteiger partial charge in [-0.1, -0.05) is 18.6 Å². The molecule has 0 amide bonds. The van der Waals surface area contributed by atoms with Crippen LogP contribution in [0.2, 0.25) is 0 Å². The van der Waals surface area contributed by atoms with Gasteiger partial charge in [0.2, 0.25) is 0 Å². The molecule has 0 bridgehead atoms. The van der Waals surface area contributed by atoms with Crippen LogP contribution in [-0.2, 0) is 6.54 Å². The lowest BCUT2D eigenvalue weighted by molar-refractivity contribution is 0.151. The van der Waals surface area contributed by atoms with Crippen LogP contribution in [0, 0.1) is 0 Å². The summed E-state index contributed by atoms with van der Waals surface area (Å²) in [6.45, 7) is 4.47. The van der Waals surface area contributed by atoms with Gasteiger partial charge in [0.1, 0.15) is 5.75 Å². The largest absolute Gasteiger partial charge is 0.496 e. The highest BCUT2D eigenvalue weighted by atomic mass is 16.5. The smallest absolute Gasteiger partial charge is 0.124 e. The molecule has 2 heterocycles. The molecule has 1 fully saturated rings. The molecule has 1 aromatic carbocycles. The second kappa shape index (κ2) is 5.29. The van der Waals surface area contributed by atoms with Gasteiger partial charge in [-0.15, -0.1) is 0 Å². The fourth-order valence-electron chi connectivity index (χ4n) is 3.29. The maximum Gasteiger partial charge on any atom is 0.124 e. The number of hydrogen-bond acceptors (Lipinski definition) is 3. The molecule has 2 aliphatic rings. The van der Waals surface area contributed by atoms with Gasteiger partial charge in [0.25, 0.3) is 0 Å². The van der Waals surface area contributed by atoms with Crippen molar-refractivity contribution < 1.29 is 4.74 Å². The molecular weight excluding hydrogens is 224 g/mol. The highest BCUT2D eigenvalue weighted by molar-refractivity contribution is 5.44. The summed E-state index contributed by atoms with van der Waals surface area (Å²) < 4.78 is 5.58. The molecule has 3 rings (SSSR count). The number of nitrogens with zero attached hydrogens (tertiary/aromatic N) is 1. The third-order valence-corrected chi connectivity index (χ3v) is 4.19. The van der Waals surface area contributed by atoms with Crippen molar-refractivity contribution in [1.82, 2.24) is 10.2 Å². The van der Waals surface area contributed by atoms with E-state index in [1.807, 2.05) is 0 Å². The summed E-state index contributed by atoms with van der Waals surface area (Å²) >= 11 is 0. The zero-order chi connectivity index (χ0) is 12.4. The van der Waals surface area contributed by atoms with E-state index >= 15 is 0 Å². The molecule has 1 atom stereocenters. The molecule has 0 aromatic heterocycles. The zero-order valence-corrected chi connectivity index (χ0v) is 11.1. The molecule has 2 aliphatic heterocycles. The summed E-state index contributed by atoms with van der Waals surface area (Å²) in [5.41, 5.74) is 2.82. The highest BCUT2D eigenvalue weighted by Gasteiger charge is 2.29. The van der Waals surface area contributed by atoms with Crippen molar-refractivity contribution in [2.45, 2.75) is 31.8 Å². The van der Waals surface area contributed by atoms with Crippen LogP contribution in [0.3, 0.4) is 0 Å². The number of benzene rings is 1. The summed E-state index contributed by atoms with van der Waals surface area (Å²) in [4.78, 5) is 2.62. The summed E-state index contributed by atoms with van der Waals surface area (Å²) in [6.07, 6.45) is 4.05. The fraction of sp³-hybridized carbons (Fsp3) is 0.600. The lowest BCUT2D eigenvalue weighted by Crippen LogP contribution is -2.42. The summed E-state index contributed by atoms with van der Waals surface area (Å²) in [6, 6.07) is 6.91. The number of piperidine rings is 1. The molecule has 1 N–H and O–H groups in total. The molecule has 0 unspecified atom stereocenters. The van der Waals surface area contributed by atoms with E-state index in [0.717, 1.165) is 18.8 Å². The first-order valence-corrected chi connectivity index (χ1v) is 7.00. The number of ether oxygens (including phenoxy) is 1. The molecule has 18 heavy (non-hydrogen) atoms. The van der Waals surface area contributed by atoms with E-state index in [2.05, 4.69) is 28.4 Å². The summed E-state index contributed by atoms with van der Waals surface area (Å²) in [5.74, 6) is 1.06. The van der Waals surface area contributed by atoms with Crippen LogP contribution in [0.5, 0.6) is 5.75 Å². The second-order valence-corrected chi connectivity index (χ2v) is 5.28. The van der Waals surface area contributed by atoms with E-state index in [0.29, 0.717) is 6.04 Å². The minimum atomic E-state index is 0.491. The van der Waals surface area contributed by atoms with Crippen molar-refractivity contribution in [2.75, 3.05) is 26.7 Å². The van der Waals surface area contributed by atoms with Gasteiger partial charge in [-0.3, -0.25) is 4.90 Å². The number of likely N-dealkylation sites (tertiary alicyclic amines) is 1. The topological polar surface area (TPSA) is 24.5 Å². The van der Waals surface area contributed by atoms with Gasteiger partial charge in [-0.2, -0.15) is 0 Å². The number of fused-ring (bicyclic) bond motifs is 1. The van der Waals surface area contributed by atoms with E-state index in [-0.39, 0.29) is 0 Å². The molecule has 98 valence electrons. The average molecular weight is 246 g/mol. The van der Waals surface area contributed by atoms with Crippen LogP contribution in [0.15, 0.2) is 18.2 Å². The Kier molecular flexibility index (Phi) is 3.52. The maximum atomic E-state index is 5.58. The normalized spacial score (nSPS) is 24.6. The summed E-state index contributed by atoms with van der Waals surface area (Å²) in [7, 11) is 1.78. The molecule has 1 saturated heterocycles. The lowest BCUT2D eigenvalue weighted by atomic mass is 9.93. The zero-order valence-electron chi connectivity index (χ0n) is 11.1. The minimum Gasteiger partial charge on any atom is -0.496 e. The fourth-order valence-corrected chi connectivity index (χ4v) is 3.29. The van der Waals surface area contributed by atoms with E-state index in [1.54, 1.807) is 7.11 Å². The van der Waals surface area contributed by atoms with Gasteiger partial charge in [0.15, 0.2) is 0 Å². The minimum absolute atomic E-state index is 0.491. The Morgan fingerprint density at radius 1 is 1.22 bits per heavy atom. The Balaban J connectivity index is 1.94. The van der Waals surface area contributed by atoms with Crippen LogP contribution < -0.4 is 10.1 Å². The Bertz CT molecular complexity index is 399. The van der Waals surface area contributed by atoms with Gasteiger partial charge < -0.3 is 10.1 Å². The Morgan fingerprint density at radius 3 is 2.83 bits per heavy atom. The van der Waals surface area contributed by atoms with Crippen LogP contribution in [0.25, 0.3) is 0 Å². The monoisotopic (exact) mass is 246 g/mol. The van der Waals surface area contributed by atoms with E-state index in [1.165, 1.54) is 43.5 Å². The van der Waals surface area contributed by atoms with E-state index in [9.17, 15) is 0 Å². The number of hydrogen-bond donors (Lipinski definition) is 1. The molecule has 3 nitrogen and oxygen atoms in total. The van der Waals surface area contributed by atoms with Crippen LogP contribution in [0.1, 0.15) is 36.4 Å². The van der Waals surface area contributed by atoms with Gasteiger partial charge in [0, 0.05) is 18.7 Å². The van der Waals surface area contributed by atoms with Crippen molar-refractivity contribution in [3.05, 3.63) is 29.3 Å². The first-order chi connectivity index (χ1) is 8.90. The van der Waals surface area contributed by atoms with E-state index < -0.39 is 0 Å². The van der Waals surface area contributed by atoms with Gasteiger partial charge in [-0.25, -0.2) is 0 Å². The molecule has 3 heteroatoms. The second-order valence-electron chi connectivity index (χ2n) is 5.28. The van der Waals surface area contributed by atoms with Crippen LogP contribution in [-0.4, -0.2) is 31.6 Å². The first kappa shape index (κ1) is 12.0. The Labute approximate surface area is 109 Å². The quantitative estimate of drug-likeness (QED) is 0.866. The Morgan fingerprint density at radius 2 is 2.06 bits per heavy atom. The Hall–Kier alpha value is -1.06. The van der Waals surface area contributed by atoms with Crippen LogP contribution >= 0.6 is 0 Å². The number of nitrogens with one attached hydrogen (secondary N) is 1. The predicted molar refractivity (Wildman–Crippen MR) is 72.9 cm³/mol. The maximum absolute atomic E-state index is 5.58. The van der Waals surface area contributed by atoms with E-state index in [4.69, 9.17) is 4.74 Å².